The first kappa shape index (κ1) is 21.6. The molecule has 5 heteroatoms. The predicted molar refractivity (Wildman–Crippen MR) is 110 cm³/mol. The third-order valence-corrected chi connectivity index (χ3v) is 10.3. The van der Waals surface area contributed by atoms with Gasteiger partial charge in [0.15, 0.2) is 0 Å². The van der Waals surface area contributed by atoms with E-state index in [-0.39, 0.29) is 41.3 Å². The number of hydrogen-bond donors (Lipinski definition) is 4. The standard InChI is InChI=1S/C24H40O5/c1-13(4-7-21(28)29)16-5-6-17-22-18(12-20(27)24(16,17)3)23(2)9-8-15(25)10-14(23)11-19(22)26/h13-20,22,25-27H,4-12H2,1-3H3,(H,28,29)/t13-,14+,15-,16+,17+,18-,19-,20+,22+,23+,24-/m1/s1. The van der Waals surface area contributed by atoms with Gasteiger partial charge in [0.2, 0.25) is 0 Å². The summed E-state index contributed by atoms with van der Waals surface area (Å²) < 4.78 is 0. The van der Waals surface area contributed by atoms with Crippen molar-refractivity contribution in [1.29, 1.82) is 0 Å². The number of carbonyl (C=O) groups is 1. The molecule has 0 saturated heterocycles. The molecule has 4 fully saturated rings. The number of aliphatic carboxylic acids is 1. The van der Waals surface area contributed by atoms with Crippen molar-refractivity contribution in [3.8, 4) is 0 Å². The van der Waals surface area contributed by atoms with Crippen molar-refractivity contribution < 1.29 is 25.2 Å². The van der Waals surface area contributed by atoms with Crippen LogP contribution in [-0.4, -0.2) is 44.7 Å². The third-order valence-electron chi connectivity index (χ3n) is 10.3. The monoisotopic (exact) mass is 408 g/mol. The Kier molecular flexibility index (Phi) is 5.57. The number of hydrogen-bond acceptors (Lipinski definition) is 4. The largest absolute Gasteiger partial charge is 0.481 e. The van der Waals surface area contributed by atoms with Crippen molar-refractivity contribution in [1.82, 2.24) is 0 Å². The first-order valence-corrected chi connectivity index (χ1v) is 11.8. The van der Waals surface area contributed by atoms with Gasteiger partial charge in [-0.15, -0.1) is 0 Å². The summed E-state index contributed by atoms with van der Waals surface area (Å²) in [6.07, 6.45) is 6.00. The van der Waals surface area contributed by atoms with Crippen LogP contribution in [-0.2, 0) is 4.79 Å². The molecule has 0 aliphatic heterocycles. The molecular formula is C24H40O5. The van der Waals surface area contributed by atoms with Gasteiger partial charge in [0, 0.05) is 6.42 Å². The topological polar surface area (TPSA) is 98.0 Å². The number of fused-ring (bicyclic) bond motifs is 5. The zero-order chi connectivity index (χ0) is 21.1. The summed E-state index contributed by atoms with van der Waals surface area (Å²) in [5, 5.41) is 42.0. The molecule has 4 N–H and O–H groups in total. The van der Waals surface area contributed by atoms with Crippen molar-refractivity contribution in [3.05, 3.63) is 0 Å². The van der Waals surface area contributed by atoms with Gasteiger partial charge in [0.25, 0.3) is 0 Å². The van der Waals surface area contributed by atoms with Gasteiger partial charge in [-0.1, -0.05) is 20.8 Å². The summed E-state index contributed by atoms with van der Waals surface area (Å²) in [6.45, 7) is 6.72. The summed E-state index contributed by atoms with van der Waals surface area (Å²) in [7, 11) is 0. The van der Waals surface area contributed by atoms with Crippen molar-refractivity contribution >= 4 is 5.97 Å². The maximum atomic E-state index is 11.5. The van der Waals surface area contributed by atoms with E-state index in [0.29, 0.717) is 30.1 Å². The van der Waals surface area contributed by atoms with E-state index in [1.165, 1.54) is 0 Å². The van der Waals surface area contributed by atoms with Gasteiger partial charge in [-0.25, -0.2) is 0 Å². The van der Waals surface area contributed by atoms with Crippen LogP contribution in [0.5, 0.6) is 0 Å². The predicted octanol–water partition coefficient (Wildman–Crippen LogP) is 3.45. The Labute approximate surface area is 174 Å². The molecule has 0 unspecified atom stereocenters. The van der Waals surface area contributed by atoms with Crippen LogP contribution < -0.4 is 0 Å². The first-order chi connectivity index (χ1) is 13.6. The van der Waals surface area contributed by atoms with E-state index in [0.717, 1.165) is 44.9 Å². The van der Waals surface area contributed by atoms with Crippen molar-refractivity contribution in [3.63, 3.8) is 0 Å². The minimum Gasteiger partial charge on any atom is -0.481 e. The lowest BCUT2D eigenvalue weighted by Gasteiger charge is -2.63. The number of aliphatic hydroxyl groups excluding tert-OH is 3. The highest BCUT2D eigenvalue weighted by Gasteiger charge is 2.65. The van der Waals surface area contributed by atoms with Gasteiger partial charge in [0.05, 0.1) is 18.3 Å². The molecule has 166 valence electrons. The van der Waals surface area contributed by atoms with E-state index in [2.05, 4.69) is 20.8 Å². The first-order valence-electron chi connectivity index (χ1n) is 11.8. The van der Waals surface area contributed by atoms with Crippen molar-refractivity contribution in [2.75, 3.05) is 0 Å². The summed E-state index contributed by atoms with van der Waals surface area (Å²) in [6, 6.07) is 0. The molecule has 4 saturated carbocycles. The molecular weight excluding hydrogens is 368 g/mol. The minimum absolute atomic E-state index is 0.0957. The lowest BCUT2D eigenvalue weighted by molar-refractivity contribution is -0.207. The zero-order valence-electron chi connectivity index (χ0n) is 18.3. The highest BCUT2D eigenvalue weighted by atomic mass is 16.4. The zero-order valence-corrected chi connectivity index (χ0v) is 18.3. The summed E-state index contributed by atoms with van der Waals surface area (Å²) in [5.41, 5.74) is -0.143. The molecule has 29 heavy (non-hydrogen) atoms. The van der Waals surface area contributed by atoms with Gasteiger partial charge in [-0.05, 0) is 97.7 Å². The molecule has 0 bridgehead atoms. The second-order valence-corrected chi connectivity index (χ2v) is 11.4. The smallest absolute Gasteiger partial charge is 0.303 e. The highest BCUT2D eigenvalue weighted by molar-refractivity contribution is 5.66. The molecule has 0 aromatic heterocycles. The fraction of sp³-hybridized carbons (Fsp3) is 0.958. The molecule has 0 spiro atoms. The van der Waals surface area contributed by atoms with Crippen LogP contribution in [0.25, 0.3) is 0 Å². The van der Waals surface area contributed by atoms with E-state index < -0.39 is 12.1 Å². The van der Waals surface area contributed by atoms with E-state index in [9.17, 15) is 20.1 Å². The van der Waals surface area contributed by atoms with Crippen LogP contribution in [0.1, 0.15) is 78.6 Å². The van der Waals surface area contributed by atoms with Crippen LogP contribution >= 0.6 is 0 Å². The van der Waals surface area contributed by atoms with Crippen LogP contribution in [0.2, 0.25) is 0 Å². The molecule has 0 heterocycles. The molecule has 4 rings (SSSR count). The molecule has 5 nitrogen and oxygen atoms in total. The van der Waals surface area contributed by atoms with E-state index >= 15 is 0 Å². The summed E-state index contributed by atoms with van der Waals surface area (Å²) in [4.78, 5) is 11.1. The van der Waals surface area contributed by atoms with E-state index in [1.54, 1.807) is 0 Å². The van der Waals surface area contributed by atoms with Crippen LogP contribution in [0.3, 0.4) is 0 Å². The second-order valence-electron chi connectivity index (χ2n) is 11.4. The molecule has 0 amide bonds. The third kappa shape index (κ3) is 3.27. The Balaban J connectivity index is 1.61. The lowest BCUT2D eigenvalue weighted by Crippen LogP contribution is -2.62. The van der Waals surface area contributed by atoms with Gasteiger partial charge in [0.1, 0.15) is 0 Å². The lowest BCUT2D eigenvalue weighted by atomic mass is 9.43. The Morgan fingerprint density at radius 1 is 1.03 bits per heavy atom. The van der Waals surface area contributed by atoms with Crippen molar-refractivity contribution in [2.24, 2.45) is 46.3 Å². The summed E-state index contributed by atoms with van der Waals surface area (Å²) >= 11 is 0. The quantitative estimate of drug-likeness (QED) is 0.571. The van der Waals surface area contributed by atoms with Crippen molar-refractivity contribution in [2.45, 2.75) is 96.9 Å². The Morgan fingerprint density at radius 3 is 2.45 bits per heavy atom. The SMILES string of the molecule is C[C@H](CCC(=O)O)[C@@H]1CC[C@H]2[C@@H]3[C@H](O)C[C@@H]4C[C@H](O)CC[C@]4(C)[C@@H]3C[C@H](O)[C@@]21C. The molecule has 4 aliphatic rings. The molecule has 11 atom stereocenters. The maximum Gasteiger partial charge on any atom is 0.303 e. The van der Waals surface area contributed by atoms with E-state index in [1.807, 2.05) is 0 Å². The Bertz CT molecular complexity index is 637. The van der Waals surface area contributed by atoms with Crippen LogP contribution in [0.15, 0.2) is 0 Å². The van der Waals surface area contributed by atoms with Gasteiger partial charge in [-0.3, -0.25) is 4.79 Å². The number of carboxylic acids is 1. The van der Waals surface area contributed by atoms with Gasteiger partial charge in [-0.2, -0.15) is 0 Å². The number of carboxylic acid groups (broad SMARTS) is 1. The Hall–Kier alpha value is -0.650. The fourth-order valence-electron chi connectivity index (χ4n) is 8.68. The molecule has 4 aliphatic carbocycles. The average molecular weight is 409 g/mol. The number of aliphatic hydroxyl groups is 3. The van der Waals surface area contributed by atoms with Gasteiger partial charge < -0.3 is 20.4 Å². The van der Waals surface area contributed by atoms with Crippen LogP contribution in [0.4, 0.5) is 0 Å². The molecule has 0 radical (unpaired) electrons. The maximum absolute atomic E-state index is 11.5. The second kappa shape index (κ2) is 7.49. The average Bonchev–Trinajstić information content (AvgIpc) is 3.01. The van der Waals surface area contributed by atoms with E-state index in [4.69, 9.17) is 5.11 Å². The fourth-order valence-corrected chi connectivity index (χ4v) is 8.68. The Morgan fingerprint density at radius 2 is 1.76 bits per heavy atom. The number of rotatable bonds is 4. The summed E-state index contributed by atoms with van der Waals surface area (Å²) in [5.74, 6) is 0.997. The van der Waals surface area contributed by atoms with Crippen LogP contribution in [0, 0.1) is 46.3 Å². The molecule has 0 aromatic carbocycles. The molecule has 0 aromatic rings. The highest BCUT2D eigenvalue weighted by Crippen LogP contribution is 2.68. The minimum atomic E-state index is -0.748. The van der Waals surface area contributed by atoms with Gasteiger partial charge >= 0.3 is 5.97 Å². The normalized spacial score (nSPS) is 52.9.